The Morgan fingerprint density at radius 1 is 1.08 bits per heavy atom. The van der Waals surface area contributed by atoms with Gasteiger partial charge in [-0.25, -0.2) is 4.98 Å². The fourth-order valence-corrected chi connectivity index (χ4v) is 3.16. The third-order valence-corrected chi connectivity index (χ3v) is 4.54. The quantitative estimate of drug-likeness (QED) is 0.775. The number of anilines is 3. The molecule has 5 nitrogen and oxygen atoms in total. The zero-order valence-electron chi connectivity index (χ0n) is 14.5. The Morgan fingerprint density at radius 3 is 2.62 bits per heavy atom. The van der Waals surface area contributed by atoms with Crippen molar-refractivity contribution in [1.82, 2.24) is 4.98 Å². The highest BCUT2D eigenvalue weighted by Crippen LogP contribution is 2.34. The molecule has 0 bridgehead atoms. The van der Waals surface area contributed by atoms with Crippen LogP contribution in [0.2, 0.25) is 0 Å². The SMILES string of the molecule is COc1ccc(C(=O)Nc2ccc(N3CCc4ccccc43)cn2)cc1. The van der Waals surface area contributed by atoms with Crippen molar-refractivity contribution in [1.29, 1.82) is 0 Å². The summed E-state index contributed by atoms with van der Waals surface area (Å²) < 4.78 is 5.11. The van der Waals surface area contributed by atoms with E-state index in [1.807, 2.05) is 18.2 Å². The highest BCUT2D eigenvalue weighted by Gasteiger charge is 2.19. The van der Waals surface area contributed by atoms with Crippen LogP contribution in [0, 0.1) is 0 Å². The van der Waals surface area contributed by atoms with Gasteiger partial charge in [0, 0.05) is 17.8 Å². The number of benzene rings is 2. The number of fused-ring (bicyclic) bond motifs is 1. The lowest BCUT2D eigenvalue weighted by Crippen LogP contribution is -2.15. The van der Waals surface area contributed by atoms with Crippen LogP contribution < -0.4 is 15.0 Å². The van der Waals surface area contributed by atoms with Gasteiger partial charge in [-0.05, 0) is 54.4 Å². The molecule has 0 aliphatic carbocycles. The van der Waals surface area contributed by atoms with Crippen LogP contribution in [-0.2, 0) is 6.42 Å². The van der Waals surface area contributed by atoms with E-state index in [1.165, 1.54) is 11.3 Å². The molecule has 1 amide bonds. The normalized spacial score (nSPS) is 12.6. The van der Waals surface area contributed by atoms with E-state index >= 15 is 0 Å². The van der Waals surface area contributed by atoms with Gasteiger partial charge in [0.15, 0.2) is 0 Å². The maximum atomic E-state index is 12.3. The maximum Gasteiger partial charge on any atom is 0.256 e. The van der Waals surface area contributed by atoms with Crippen LogP contribution in [0.15, 0.2) is 66.9 Å². The number of carbonyl (C=O) groups excluding carboxylic acids is 1. The summed E-state index contributed by atoms with van der Waals surface area (Å²) in [5.74, 6) is 1.05. The number of carbonyl (C=O) groups is 1. The average molecular weight is 345 g/mol. The first kappa shape index (κ1) is 16.1. The molecule has 1 aromatic heterocycles. The third kappa shape index (κ3) is 3.11. The molecule has 3 aromatic rings. The van der Waals surface area contributed by atoms with E-state index in [0.717, 1.165) is 24.4 Å². The molecular weight excluding hydrogens is 326 g/mol. The molecular formula is C21H19N3O2. The monoisotopic (exact) mass is 345 g/mol. The molecule has 26 heavy (non-hydrogen) atoms. The van der Waals surface area contributed by atoms with Gasteiger partial charge < -0.3 is 15.0 Å². The van der Waals surface area contributed by atoms with Crippen molar-refractivity contribution in [3.63, 3.8) is 0 Å². The number of nitrogens with one attached hydrogen (secondary N) is 1. The van der Waals surface area contributed by atoms with Crippen molar-refractivity contribution >= 4 is 23.1 Å². The first-order valence-corrected chi connectivity index (χ1v) is 8.51. The van der Waals surface area contributed by atoms with Crippen LogP contribution >= 0.6 is 0 Å². The Balaban J connectivity index is 1.47. The molecule has 2 aromatic carbocycles. The van der Waals surface area contributed by atoms with Gasteiger partial charge in [-0.15, -0.1) is 0 Å². The predicted molar refractivity (Wildman–Crippen MR) is 102 cm³/mol. The van der Waals surface area contributed by atoms with Crippen molar-refractivity contribution in [2.45, 2.75) is 6.42 Å². The topological polar surface area (TPSA) is 54.5 Å². The van der Waals surface area contributed by atoms with Crippen LogP contribution in [0.1, 0.15) is 15.9 Å². The van der Waals surface area contributed by atoms with Crippen molar-refractivity contribution in [3.8, 4) is 5.75 Å². The summed E-state index contributed by atoms with van der Waals surface area (Å²) in [7, 11) is 1.60. The molecule has 1 N–H and O–H groups in total. The predicted octanol–water partition coefficient (Wildman–Crippen LogP) is 4.04. The third-order valence-electron chi connectivity index (χ3n) is 4.54. The molecule has 0 radical (unpaired) electrons. The largest absolute Gasteiger partial charge is 0.497 e. The standard InChI is InChI=1S/C21H19N3O2/c1-26-18-9-6-16(7-10-18)21(25)23-20-11-8-17(14-22-20)24-13-12-15-4-2-3-5-19(15)24/h2-11,14H,12-13H2,1H3,(H,22,23,25). The molecule has 5 heteroatoms. The first-order chi connectivity index (χ1) is 12.7. The van der Waals surface area contributed by atoms with Crippen molar-refractivity contribution in [3.05, 3.63) is 78.0 Å². The number of aromatic nitrogens is 1. The van der Waals surface area contributed by atoms with Gasteiger partial charge >= 0.3 is 0 Å². The molecule has 0 unspecified atom stereocenters. The van der Waals surface area contributed by atoms with Crippen LogP contribution in [0.25, 0.3) is 0 Å². The van der Waals surface area contributed by atoms with E-state index in [9.17, 15) is 4.79 Å². The minimum absolute atomic E-state index is 0.195. The van der Waals surface area contributed by atoms with Crippen LogP contribution in [0.4, 0.5) is 17.2 Å². The minimum atomic E-state index is -0.195. The second-order valence-electron chi connectivity index (χ2n) is 6.11. The Labute approximate surface area is 152 Å². The van der Waals surface area contributed by atoms with Crippen molar-refractivity contribution in [2.75, 3.05) is 23.9 Å². The van der Waals surface area contributed by atoms with Gasteiger partial charge in [-0.2, -0.15) is 0 Å². The Hall–Kier alpha value is -3.34. The zero-order chi connectivity index (χ0) is 17.9. The number of methoxy groups -OCH3 is 1. The number of pyridine rings is 1. The van der Waals surface area contributed by atoms with E-state index in [1.54, 1.807) is 37.6 Å². The Bertz CT molecular complexity index is 921. The molecule has 0 atom stereocenters. The van der Waals surface area contributed by atoms with Gasteiger partial charge in [-0.3, -0.25) is 4.79 Å². The molecule has 130 valence electrons. The lowest BCUT2D eigenvalue weighted by molar-refractivity contribution is 0.102. The fraction of sp³-hybridized carbons (Fsp3) is 0.143. The molecule has 1 aliphatic heterocycles. The number of nitrogens with zero attached hydrogens (tertiary/aromatic N) is 2. The lowest BCUT2D eigenvalue weighted by atomic mass is 10.2. The van der Waals surface area contributed by atoms with Gasteiger partial charge in [0.25, 0.3) is 5.91 Å². The average Bonchev–Trinajstić information content (AvgIpc) is 3.13. The minimum Gasteiger partial charge on any atom is -0.497 e. The maximum absolute atomic E-state index is 12.3. The van der Waals surface area contributed by atoms with Crippen LogP contribution in [0.5, 0.6) is 5.75 Å². The number of ether oxygens (including phenoxy) is 1. The summed E-state index contributed by atoms with van der Waals surface area (Å²) in [4.78, 5) is 19.0. The van der Waals surface area contributed by atoms with Gasteiger partial charge in [0.2, 0.25) is 0 Å². The van der Waals surface area contributed by atoms with Gasteiger partial charge in [-0.1, -0.05) is 18.2 Å². The van der Waals surface area contributed by atoms with E-state index in [4.69, 9.17) is 4.74 Å². The smallest absolute Gasteiger partial charge is 0.256 e. The van der Waals surface area contributed by atoms with Crippen LogP contribution in [-0.4, -0.2) is 24.5 Å². The summed E-state index contributed by atoms with van der Waals surface area (Å²) in [6.07, 6.45) is 2.83. The molecule has 1 aliphatic rings. The summed E-state index contributed by atoms with van der Waals surface area (Å²) in [5.41, 5.74) is 4.16. The number of rotatable bonds is 4. The number of amides is 1. The van der Waals surface area contributed by atoms with Gasteiger partial charge in [0.05, 0.1) is 19.0 Å². The lowest BCUT2D eigenvalue weighted by Gasteiger charge is -2.19. The van der Waals surface area contributed by atoms with Crippen molar-refractivity contribution in [2.24, 2.45) is 0 Å². The summed E-state index contributed by atoms with van der Waals surface area (Å²) in [5, 5.41) is 2.82. The summed E-state index contributed by atoms with van der Waals surface area (Å²) in [6.45, 7) is 0.943. The highest BCUT2D eigenvalue weighted by atomic mass is 16.5. The number of hydrogen-bond donors (Lipinski definition) is 1. The molecule has 0 fully saturated rings. The second-order valence-corrected chi connectivity index (χ2v) is 6.11. The van der Waals surface area contributed by atoms with E-state index in [0.29, 0.717) is 11.4 Å². The van der Waals surface area contributed by atoms with E-state index < -0.39 is 0 Å². The molecule has 4 rings (SSSR count). The zero-order valence-corrected chi connectivity index (χ0v) is 14.5. The van der Waals surface area contributed by atoms with E-state index in [2.05, 4.69) is 33.4 Å². The van der Waals surface area contributed by atoms with Crippen LogP contribution in [0.3, 0.4) is 0 Å². The number of hydrogen-bond acceptors (Lipinski definition) is 4. The Morgan fingerprint density at radius 2 is 1.88 bits per heavy atom. The van der Waals surface area contributed by atoms with E-state index in [-0.39, 0.29) is 5.91 Å². The summed E-state index contributed by atoms with van der Waals surface area (Å²) >= 11 is 0. The molecule has 2 heterocycles. The first-order valence-electron chi connectivity index (χ1n) is 8.51. The molecule has 0 saturated heterocycles. The summed E-state index contributed by atoms with van der Waals surface area (Å²) in [6, 6.07) is 19.2. The molecule has 0 spiro atoms. The second kappa shape index (κ2) is 6.88. The van der Waals surface area contributed by atoms with Gasteiger partial charge in [0.1, 0.15) is 11.6 Å². The Kier molecular flexibility index (Phi) is 4.27. The van der Waals surface area contributed by atoms with Crippen molar-refractivity contribution < 1.29 is 9.53 Å². The highest BCUT2D eigenvalue weighted by molar-refractivity contribution is 6.03. The number of para-hydroxylation sites is 1. The molecule has 0 saturated carbocycles. The fourth-order valence-electron chi connectivity index (χ4n) is 3.16.